The largest absolute Gasteiger partial charge is 0.310 e. The van der Waals surface area contributed by atoms with Gasteiger partial charge in [-0.25, -0.2) is 0 Å². The number of nitrogens with zero attached hydrogens (tertiary/aromatic N) is 1. The number of rotatable bonds is 5. The molecule has 0 bridgehead atoms. The molecule has 0 N–H and O–H groups in total. The smallest absolute Gasteiger partial charge is 0.0467 e. The molecular weight excluding hydrogens is 422 g/mol. The summed E-state index contributed by atoms with van der Waals surface area (Å²) < 4.78 is 0. The highest BCUT2D eigenvalue weighted by Gasteiger charge is 2.14. The van der Waals surface area contributed by atoms with E-state index >= 15 is 0 Å². The van der Waals surface area contributed by atoms with Crippen molar-refractivity contribution < 1.29 is 0 Å². The van der Waals surface area contributed by atoms with Crippen LogP contribution in [0.3, 0.4) is 0 Å². The third-order valence-corrected chi connectivity index (χ3v) is 6.43. The summed E-state index contributed by atoms with van der Waals surface area (Å²) in [5, 5.41) is 2.52. The SMILES string of the molecule is c1ccc(-c2cccc(N(c3ccccc3)c3cccc(-c4cccc5ccccc45)c3)c2)cc1. The van der Waals surface area contributed by atoms with Crippen LogP contribution in [0.2, 0.25) is 0 Å². The zero-order chi connectivity index (χ0) is 23.5. The van der Waals surface area contributed by atoms with E-state index in [1.54, 1.807) is 0 Å². The van der Waals surface area contributed by atoms with Gasteiger partial charge in [-0.2, -0.15) is 0 Å². The van der Waals surface area contributed by atoms with Crippen LogP contribution in [-0.4, -0.2) is 0 Å². The van der Waals surface area contributed by atoms with Gasteiger partial charge in [0.2, 0.25) is 0 Å². The first-order valence-corrected chi connectivity index (χ1v) is 12.0. The number of hydrogen-bond donors (Lipinski definition) is 0. The normalized spacial score (nSPS) is 10.9. The Morgan fingerprint density at radius 1 is 0.343 bits per heavy atom. The molecule has 0 aliphatic carbocycles. The van der Waals surface area contributed by atoms with E-state index in [1.807, 2.05) is 0 Å². The summed E-state index contributed by atoms with van der Waals surface area (Å²) in [6.45, 7) is 0. The molecule has 0 amide bonds. The van der Waals surface area contributed by atoms with E-state index in [0.29, 0.717) is 0 Å². The van der Waals surface area contributed by atoms with Crippen LogP contribution in [0.15, 0.2) is 152 Å². The van der Waals surface area contributed by atoms with E-state index in [2.05, 4.69) is 157 Å². The zero-order valence-corrected chi connectivity index (χ0v) is 19.4. The minimum Gasteiger partial charge on any atom is -0.310 e. The molecule has 0 heterocycles. The second-order valence-electron chi connectivity index (χ2n) is 8.66. The number of hydrogen-bond acceptors (Lipinski definition) is 1. The van der Waals surface area contributed by atoms with Crippen molar-refractivity contribution in [1.82, 2.24) is 0 Å². The average molecular weight is 448 g/mol. The van der Waals surface area contributed by atoms with E-state index in [-0.39, 0.29) is 0 Å². The van der Waals surface area contributed by atoms with Crippen LogP contribution in [0.1, 0.15) is 0 Å². The Kier molecular flexibility index (Phi) is 5.58. The summed E-state index contributed by atoms with van der Waals surface area (Å²) in [6, 6.07) is 53.9. The van der Waals surface area contributed by atoms with Gasteiger partial charge in [0.25, 0.3) is 0 Å². The third kappa shape index (κ3) is 4.20. The first kappa shape index (κ1) is 20.9. The summed E-state index contributed by atoms with van der Waals surface area (Å²) >= 11 is 0. The Hall–Kier alpha value is -4.62. The van der Waals surface area contributed by atoms with Crippen molar-refractivity contribution in [2.24, 2.45) is 0 Å². The molecule has 1 heteroatoms. The highest BCUT2D eigenvalue weighted by atomic mass is 15.1. The van der Waals surface area contributed by atoms with Crippen molar-refractivity contribution in [1.29, 1.82) is 0 Å². The highest BCUT2D eigenvalue weighted by molar-refractivity contribution is 5.97. The highest BCUT2D eigenvalue weighted by Crippen LogP contribution is 2.39. The van der Waals surface area contributed by atoms with Gasteiger partial charge in [0.15, 0.2) is 0 Å². The Bertz CT molecular complexity index is 1580. The van der Waals surface area contributed by atoms with Crippen molar-refractivity contribution in [2.45, 2.75) is 0 Å². The number of benzene rings is 6. The van der Waals surface area contributed by atoms with Crippen molar-refractivity contribution in [3.05, 3.63) is 152 Å². The van der Waals surface area contributed by atoms with Crippen LogP contribution in [0.4, 0.5) is 17.1 Å². The molecule has 0 aliphatic rings. The average Bonchev–Trinajstić information content (AvgIpc) is 2.94. The quantitative estimate of drug-likeness (QED) is 0.254. The zero-order valence-electron chi connectivity index (χ0n) is 19.4. The summed E-state index contributed by atoms with van der Waals surface area (Å²) in [6.07, 6.45) is 0. The van der Waals surface area contributed by atoms with E-state index in [9.17, 15) is 0 Å². The fourth-order valence-electron chi connectivity index (χ4n) is 4.77. The molecule has 0 radical (unpaired) electrons. The molecular formula is C34H25N. The maximum absolute atomic E-state index is 2.33. The number of anilines is 3. The lowest BCUT2D eigenvalue weighted by molar-refractivity contribution is 1.28. The fourth-order valence-corrected chi connectivity index (χ4v) is 4.77. The lowest BCUT2D eigenvalue weighted by Crippen LogP contribution is -2.10. The van der Waals surface area contributed by atoms with Crippen molar-refractivity contribution in [3.63, 3.8) is 0 Å². The van der Waals surface area contributed by atoms with Gasteiger partial charge in [-0.1, -0.05) is 115 Å². The summed E-state index contributed by atoms with van der Waals surface area (Å²) in [7, 11) is 0. The Labute approximate surface area is 206 Å². The van der Waals surface area contributed by atoms with E-state index in [4.69, 9.17) is 0 Å². The summed E-state index contributed by atoms with van der Waals surface area (Å²) in [5.74, 6) is 0. The van der Waals surface area contributed by atoms with Gasteiger partial charge in [-0.05, 0) is 69.4 Å². The molecule has 35 heavy (non-hydrogen) atoms. The fraction of sp³-hybridized carbons (Fsp3) is 0. The molecule has 0 atom stereocenters. The maximum atomic E-state index is 2.33. The van der Waals surface area contributed by atoms with Gasteiger partial charge in [0.05, 0.1) is 0 Å². The molecule has 6 aromatic rings. The van der Waals surface area contributed by atoms with E-state index < -0.39 is 0 Å². The van der Waals surface area contributed by atoms with Crippen LogP contribution in [0, 0.1) is 0 Å². The lowest BCUT2D eigenvalue weighted by atomic mass is 9.97. The number of fused-ring (bicyclic) bond motifs is 1. The van der Waals surface area contributed by atoms with Gasteiger partial charge in [0.1, 0.15) is 0 Å². The van der Waals surface area contributed by atoms with E-state index in [0.717, 1.165) is 17.1 Å². The standard InChI is InChI=1S/C34H25N/c1-3-12-26(13-4-1)28-16-9-20-31(24-28)35(30-18-5-2-6-19-30)32-21-10-17-29(25-32)34-23-11-15-27-14-7-8-22-33(27)34/h1-25H. The van der Waals surface area contributed by atoms with Crippen LogP contribution in [0.25, 0.3) is 33.0 Å². The van der Waals surface area contributed by atoms with Gasteiger partial charge in [-0.15, -0.1) is 0 Å². The van der Waals surface area contributed by atoms with Crippen LogP contribution in [-0.2, 0) is 0 Å². The summed E-state index contributed by atoms with van der Waals surface area (Å²) in [4.78, 5) is 2.33. The van der Waals surface area contributed by atoms with Crippen molar-refractivity contribution >= 4 is 27.8 Å². The first-order chi connectivity index (χ1) is 17.4. The monoisotopic (exact) mass is 447 g/mol. The second-order valence-corrected chi connectivity index (χ2v) is 8.66. The van der Waals surface area contributed by atoms with Gasteiger partial charge >= 0.3 is 0 Å². The first-order valence-electron chi connectivity index (χ1n) is 12.0. The van der Waals surface area contributed by atoms with Crippen LogP contribution < -0.4 is 4.90 Å². The minimum absolute atomic E-state index is 1.13. The van der Waals surface area contributed by atoms with Gasteiger partial charge < -0.3 is 4.90 Å². The third-order valence-electron chi connectivity index (χ3n) is 6.43. The Morgan fingerprint density at radius 2 is 0.857 bits per heavy atom. The molecule has 0 saturated carbocycles. The molecule has 0 aromatic heterocycles. The predicted octanol–water partition coefficient (Wildman–Crippen LogP) is 9.64. The van der Waals surface area contributed by atoms with E-state index in [1.165, 1.54) is 33.0 Å². The minimum atomic E-state index is 1.13. The Morgan fingerprint density at radius 3 is 1.63 bits per heavy atom. The maximum Gasteiger partial charge on any atom is 0.0467 e. The predicted molar refractivity (Wildman–Crippen MR) is 150 cm³/mol. The molecule has 0 aliphatic heterocycles. The van der Waals surface area contributed by atoms with Gasteiger partial charge in [-0.3, -0.25) is 0 Å². The molecule has 0 saturated heterocycles. The van der Waals surface area contributed by atoms with Gasteiger partial charge in [0, 0.05) is 17.1 Å². The second kappa shape index (κ2) is 9.32. The molecule has 0 unspecified atom stereocenters. The van der Waals surface area contributed by atoms with Crippen LogP contribution >= 0.6 is 0 Å². The van der Waals surface area contributed by atoms with Crippen LogP contribution in [0.5, 0.6) is 0 Å². The molecule has 6 aromatic carbocycles. The Balaban J connectivity index is 1.50. The van der Waals surface area contributed by atoms with Crippen molar-refractivity contribution in [2.75, 3.05) is 4.90 Å². The summed E-state index contributed by atoms with van der Waals surface area (Å²) in [5.41, 5.74) is 8.27. The van der Waals surface area contributed by atoms with Crippen molar-refractivity contribution in [3.8, 4) is 22.3 Å². The molecule has 166 valence electrons. The molecule has 0 spiro atoms. The number of para-hydroxylation sites is 1. The molecule has 1 nitrogen and oxygen atoms in total. The molecule has 6 rings (SSSR count). The molecule has 0 fully saturated rings. The topological polar surface area (TPSA) is 3.24 Å². The lowest BCUT2D eigenvalue weighted by Gasteiger charge is -2.26.